The number of H-pyrrole nitrogens is 1. The lowest BCUT2D eigenvalue weighted by Gasteiger charge is -2.31. The molecule has 1 aliphatic heterocycles. The number of carbonyl (C=O) groups excluding carboxylic acids is 1. The number of aromatic nitrogens is 3. The number of hydrogen-bond acceptors (Lipinski definition) is 5. The zero-order valence-corrected chi connectivity index (χ0v) is 15.5. The number of para-hydroxylation sites is 3. The lowest BCUT2D eigenvalue weighted by molar-refractivity contribution is -0.117. The number of piperidine rings is 1. The van der Waals surface area contributed by atoms with Crippen molar-refractivity contribution < 1.29 is 9.53 Å². The Labute approximate surface area is 163 Å². The molecule has 0 saturated carbocycles. The Bertz CT molecular complexity index is 898. The van der Waals surface area contributed by atoms with Gasteiger partial charge >= 0.3 is 0 Å². The summed E-state index contributed by atoms with van der Waals surface area (Å²) in [7, 11) is 0. The van der Waals surface area contributed by atoms with Crippen LogP contribution < -0.4 is 10.1 Å². The minimum absolute atomic E-state index is 0.0534. The smallest absolute Gasteiger partial charge is 0.238 e. The van der Waals surface area contributed by atoms with Crippen LogP contribution in [0, 0.1) is 0 Å². The molecule has 1 saturated heterocycles. The molecule has 1 amide bonds. The molecule has 7 heteroatoms. The summed E-state index contributed by atoms with van der Waals surface area (Å²) in [6, 6.07) is 17.0. The third-order valence-electron chi connectivity index (χ3n) is 4.83. The Balaban J connectivity index is 1.37. The Kier molecular flexibility index (Phi) is 5.63. The van der Waals surface area contributed by atoms with Gasteiger partial charge in [-0.25, -0.2) is 4.98 Å². The molecule has 1 aromatic heterocycles. The van der Waals surface area contributed by atoms with Gasteiger partial charge in [0.1, 0.15) is 17.9 Å². The first-order chi connectivity index (χ1) is 13.8. The van der Waals surface area contributed by atoms with Crippen molar-refractivity contribution in [1.29, 1.82) is 0 Å². The number of amides is 1. The van der Waals surface area contributed by atoms with E-state index < -0.39 is 0 Å². The highest BCUT2D eigenvalue weighted by atomic mass is 16.5. The van der Waals surface area contributed by atoms with Crippen LogP contribution in [0.2, 0.25) is 0 Å². The molecule has 2 heterocycles. The average molecular weight is 377 g/mol. The van der Waals surface area contributed by atoms with Gasteiger partial charge in [-0.05, 0) is 43.7 Å². The predicted octanol–water partition coefficient (Wildman–Crippen LogP) is 3.42. The van der Waals surface area contributed by atoms with Gasteiger partial charge in [-0.2, -0.15) is 5.10 Å². The number of aromatic amines is 1. The highest BCUT2D eigenvalue weighted by Crippen LogP contribution is 2.29. The van der Waals surface area contributed by atoms with Gasteiger partial charge in [0.05, 0.1) is 12.2 Å². The lowest BCUT2D eigenvalue weighted by atomic mass is 9.97. The van der Waals surface area contributed by atoms with Crippen LogP contribution in [-0.4, -0.2) is 45.6 Å². The molecule has 4 rings (SSSR count). The molecule has 7 nitrogen and oxygen atoms in total. The molecule has 2 aromatic carbocycles. The van der Waals surface area contributed by atoms with E-state index in [0.29, 0.717) is 18.0 Å². The summed E-state index contributed by atoms with van der Waals surface area (Å²) in [6.45, 7) is 2.04. The van der Waals surface area contributed by atoms with Crippen LogP contribution >= 0.6 is 0 Å². The van der Waals surface area contributed by atoms with Gasteiger partial charge in [0, 0.05) is 12.5 Å². The van der Waals surface area contributed by atoms with Crippen LogP contribution in [0.5, 0.6) is 11.5 Å². The molecule has 3 aromatic rings. The number of benzene rings is 2. The molecule has 0 spiro atoms. The van der Waals surface area contributed by atoms with E-state index in [-0.39, 0.29) is 11.8 Å². The largest absolute Gasteiger partial charge is 0.455 e. The van der Waals surface area contributed by atoms with Gasteiger partial charge in [-0.3, -0.25) is 14.8 Å². The van der Waals surface area contributed by atoms with Gasteiger partial charge in [0.25, 0.3) is 0 Å². The number of ether oxygens (including phenoxy) is 1. The maximum Gasteiger partial charge on any atom is 0.238 e. The first-order valence-corrected chi connectivity index (χ1v) is 9.47. The fourth-order valence-corrected chi connectivity index (χ4v) is 3.50. The van der Waals surface area contributed by atoms with E-state index in [4.69, 9.17) is 4.74 Å². The van der Waals surface area contributed by atoms with E-state index in [0.717, 1.165) is 37.5 Å². The van der Waals surface area contributed by atoms with Crippen LogP contribution in [-0.2, 0) is 4.79 Å². The Morgan fingerprint density at radius 1 is 1.18 bits per heavy atom. The van der Waals surface area contributed by atoms with Gasteiger partial charge in [0.15, 0.2) is 5.75 Å². The fraction of sp³-hybridized carbons (Fsp3) is 0.286. The molecule has 0 aliphatic carbocycles. The second-order valence-corrected chi connectivity index (χ2v) is 6.90. The van der Waals surface area contributed by atoms with Gasteiger partial charge in [-0.15, -0.1) is 0 Å². The summed E-state index contributed by atoms with van der Waals surface area (Å²) in [5.74, 6) is 2.49. The van der Waals surface area contributed by atoms with E-state index in [9.17, 15) is 4.79 Å². The number of anilines is 1. The van der Waals surface area contributed by atoms with E-state index in [1.165, 1.54) is 6.33 Å². The van der Waals surface area contributed by atoms with E-state index in [2.05, 4.69) is 25.4 Å². The first-order valence-electron chi connectivity index (χ1n) is 9.47. The molecule has 0 radical (unpaired) electrons. The number of nitrogens with one attached hydrogen (secondary N) is 2. The average Bonchev–Trinajstić information content (AvgIpc) is 3.25. The van der Waals surface area contributed by atoms with Crippen molar-refractivity contribution in [3.63, 3.8) is 0 Å². The zero-order chi connectivity index (χ0) is 19.2. The molecule has 144 valence electrons. The van der Waals surface area contributed by atoms with Crippen molar-refractivity contribution in [3.8, 4) is 11.5 Å². The Morgan fingerprint density at radius 2 is 2.00 bits per heavy atom. The normalized spacial score (nSPS) is 17.2. The maximum atomic E-state index is 12.6. The van der Waals surface area contributed by atoms with Crippen molar-refractivity contribution in [3.05, 3.63) is 66.7 Å². The molecule has 1 atom stereocenters. The van der Waals surface area contributed by atoms with Gasteiger partial charge in [-0.1, -0.05) is 30.3 Å². The Hall–Kier alpha value is -3.19. The molecule has 0 bridgehead atoms. The number of likely N-dealkylation sites (tertiary alicyclic amines) is 1. The van der Waals surface area contributed by atoms with Crippen LogP contribution in [0.4, 0.5) is 5.69 Å². The maximum absolute atomic E-state index is 12.6. The number of carbonyl (C=O) groups is 1. The zero-order valence-electron chi connectivity index (χ0n) is 15.5. The minimum Gasteiger partial charge on any atom is -0.455 e. The third-order valence-corrected chi connectivity index (χ3v) is 4.83. The predicted molar refractivity (Wildman–Crippen MR) is 106 cm³/mol. The topological polar surface area (TPSA) is 83.1 Å². The summed E-state index contributed by atoms with van der Waals surface area (Å²) >= 11 is 0. The molecular weight excluding hydrogens is 354 g/mol. The number of nitrogens with zero attached hydrogens (tertiary/aromatic N) is 3. The van der Waals surface area contributed by atoms with Crippen LogP contribution in [0.15, 0.2) is 60.9 Å². The van der Waals surface area contributed by atoms with Crippen molar-refractivity contribution in [2.75, 3.05) is 25.0 Å². The Morgan fingerprint density at radius 3 is 2.82 bits per heavy atom. The molecule has 1 aliphatic rings. The molecule has 28 heavy (non-hydrogen) atoms. The standard InChI is InChI=1S/C21H23N5O2/c27-20(14-26-12-6-7-16(13-26)21-22-15-23-25-21)24-18-10-4-5-11-19(18)28-17-8-2-1-3-9-17/h1-5,8-11,15-16H,6-7,12-14H2,(H,24,27)(H,22,23,25)/t16-/m0/s1. The summed E-state index contributed by atoms with van der Waals surface area (Å²) in [5, 5.41) is 9.87. The van der Waals surface area contributed by atoms with E-state index in [1.807, 2.05) is 54.6 Å². The van der Waals surface area contributed by atoms with Crippen LogP contribution in [0.3, 0.4) is 0 Å². The summed E-state index contributed by atoms with van der Waals surface area (Å²) in [5.41, 5.74) is 0.667. The van der Waals surface area contributed by atoms with Crippen molar-refractivity contribution >= 4 is 11.6 Å². The van der Waals surface area contributed by atoms with E-state index in [1.54, 1.807) is 0 Å². The van der Waals surface area contributed by atoms with Gasteiger partial charge < -0.3 is 10.1 Å². The SMILES string of the molecule is O=C(CN1CCC[C@H](c2ncn[nH]2)C1)Nc1ccccc1Oc1ccccc1. The van der Waals surface area contributed by atoms with Crippen molar-refractivity contribution in [2.45, 2.75) is 18.8 Å². The van der Waals surface area contributed by atoms with Crippen LogP contribution in [0.1, 0.15) is 24.6 Å². The number of hydrogen-bond donors (Lipinski definition) is 2. The molecule has 1 fully saturated rings. The first kappa shape index (κ1) is 18.2. The monoisotopic (exact) mass is 377 g/mol. The quantitative estimate of drug-likeness (QED) is 0.688. The highest BCUT2D eigenvalue weighted by Gasteiger charge is 2.24. The summed E-state index contributed by atoms with van der Waals surface area (Å²) in [4.78, 5) is 19.1. The third kappa shape index (κ3) is 4.55. The molecular formula is C21H23N5O2. The molecule has 0 unspecified atom stereocenters. The van der Waals surface area contributed by atoms with E-state index >= 15 is 0 Å². The second kappa shape index (κ2) is 8.67. The second-order valence-electron chi connectivity index (χ2n) is 6.90. The van der Waals surface area contributed by atoms with Crippen molar-refractivity contribution in [1.82, 2.24) is 20.1 Å². The molecule has 2 N–H and O–H groups in total. The minimum atomic E-state index is -0.0534. The van der Waals surface area contributed by atoms with Crippen molar-refractivity contribution in [2.24, 2.45) is 0 Å². The summed E-state index contributed by atoms with van der Waals surface area (Å²) in [6.07, 6.45) is 3.62. The fourth-order valence-electron chi connectivity index (χ4n) is 3.50. The summed E-state index contributed by atoms with van der Waals surface area (Å²) < 4.78 is 5.92. The van der Waals surface area contributed by atoms with Gasteiger partial charge in [0.2, 0.25) is 5.91 Å². The van der Waals surface area contributed by atoms with Crippen LogP contribution in [0.25, 0.3) is 0 Å². The highest BCUT2D eigenvalue weighted by molar-refractivity contribution is 5.93. The lowest BCUT2D eigenvalue weighted by Crippen LogP contribution is -2.40. The number of rotatable bonds is 6.